The zero-order chi connectivity index (χ0) is 13.8. The highest BCUT2D eigenvalue weighted by Crippen LogP contribution is 2.26. The Balaban J connectivity index is 1.83. The summed E-state index contributed by atoms with van der Waals surface area (Å²) in [6, 6.07) is -0.614. The van der Waals surface area contributed by atoms with Gasteiger partial charge in [0.05, 0.1) is 0 Å². The summed E-state index contributed by atoms with van der Waals surface area (Å²) in [5.41, 5.74) is 0. The molecule has 5 heteroatoms. The molecule has 2 saturated heterocycles. The van der Waals surface area contributed by atoms with Gasteiger partial charge in [-0.3, -0.25) is 4.79 Å². The highest BCUT2D eigenvalue weighted by atomic mass is 16.4. The van der Waals surface area contributed by atoms with Crippen LogP contribution in [0.25, 0.3) is 0 Å². The molecular weight excluding hydrogens is 244 g/mol. The number of piperidine rings is 1. The third-order valence-corrected chi connectivity index (χ3v) is 4.44. The maximum Gasteiger partial charge on any atom is 0.326 e. The summed E-state index contributed by atoms with van der Waals surface area (Å²) in [5, 5.41) is 12.6. The number of carboxylic acids is 1. The first kappa shape index (κ1) is 14.3. The van der Waals surface area contributed by atoms with Gasteiger partial charge in [0.25, 0.3) is 0 Å². The molecule has 0 aromatic rings. The van der Waals surface area contributed by atoms with Crippen molar-refractivity contribution in [1.29, 1.82) is 0 Å². The van der Waals surface area contributed by atoms with Crippen LogP contribution in [0.5, 0.6) is 0 Å². The van der Waals surface area contributed by atoms with Gasteiger partial charge in [-0.1, -0.05) is 6.92 Å². The summed E-state index contributed by atoms with van der Waals surface area (Å²) in [4.78, 5) is 25.0. The lowest BCUT2D eigenvalue weighted by Gasteiger charge is -2.26. The van der Waals surface area contributed by atoms with Gasteiger partial charge in [-0.25, -0.2) is 4.79 Å². The Morgan fingerprint density at radius 2 is 2.16 bits per heavy atom. The number of hydrogen-bond acceptors (Lipinski definition) is 3. The first-order chi connectivity index (χ1) is 9.09. The number of carboxylic acid groups (broad SMARTS) is 1. The zero-order valence-corrected chi connectivity index (χ0v) is 11.6. The minimum atomic E-state index is -0.863. The van der Waals surface area contributed by atoms with Gasteiger partial charge in [0.15, 0.2) is 0 Å². The van der Waals surface area contributed by atoms with E-state index in [2.05, 4.69) is 5.32 Å². The summed E-state index contributed by atoms with van der Waals surface area (Å²) in [6.07, 6.45) is 4.52. The number of amides is 1. The largest absolute Gasteiger partial charge is 0.480 e. The smallest absolute Gasteiger partial charge is 0.326 e. The van der Waals surface area contributed by atoms with E-state index in [1.165, 1.54) is 12.8 Å². The number of nitrogens with one attached hydrogen (secondary N) is 1. The van der Waals surface area contributed by atoms with E-state index in [0.29, 0.717) is 18.9 Å². The second-order valence-corrected chi connectivity index (χ2v) is 5.89. The third-order valence-electron chi connectivity index (χ3n) is 4.44. The van der Waals surface area contributed by atoms with Crippen molar-refractivity contribution in [2.24, 2.45) is 11.8 Å². The SMILES string of the molecule is CC1CCN(C(=O)CCC2CCCNC2)C1C(=O)O. The quantitative estimate of drug-likeness (QED) is 0.800. The molecule has 19 heavy (non-hydrogen) atoms. The Labute approximate surface area is 114 Å². The highest BCUT2D eigenvalue weighted by molar-refractivity contribution is 5.84. The highest BCUT2D eigenvalue weighted by Gasteiger charge is 2.39. The predicted octanol–water partition coefficient (Wildman–Crippen LogP) is 1.09. The van der Waals surface area contributed by atoms with Gasteiger partial charge in [-0.05, 0) is 50.6 Å². The van der Waals surface area contributed by atoms with Crippen LogP contribution in [-0.4, -0.2) is 47.6 Å². The van der Waals surface area contributed by atoms with E-state index in [-0.39, 0.29) is 11.8 Å². The molecule has 2 N–H and O–H groups in total. The summed E-state index contributed by atoms with van der Waals surface area (Å²) in [6.45, 7) is 4.58. The van der Waals surface area contributed by atoms with Crippen LogP contribution in [0.1, 0.15) is 39.0 Å². The van der Waals surface area contributed by atoms with Crippen molar-refractivity contribution < 1.29 is 14.7 Å². The standard InChI is InChI=1S/C14H24N2O3/c1-10-6-8-16(13(10)14(18)19)12(17)5-4-11-3-2-7-15-9-11/h10-11,13,15H,2-9H2,1H3,(H,18,19). The van der Waals surface area contributed by atoms with E-state index in [0.717, 1.165) is 25.9 Å². The molecule has 2 heterocycles. The van der Waals surface area contributed by atoms with Crippen molar-refractivity contribution in [3.63, 3.8) is 0 Å². The number of hydrogen-bond donors (Lipinski definition) is 2. The van der Waals surface area contributed by atoms with Crippen LogP contribution in [0.3, 0.4) is 0 Å². The Kier molecular flexibility index (Phi) is 4.80. The van der Waals surface area contributed by atoms with Crippen molar-refractivity contribution in [3.05, 3.63) is 0 Å². The monoisotopic (exact) mass is 268 g/mol. The summed E-state index contributed by atoms with van der Waals surface area (Å²) in [5.74, 6) is -0.209. The van der Waals surface area contributed by atoms with E-state index in [1.807, 2.05) is 6.92 Å². The van der Waals surface area contributed by atoms with Crippen molar-refractivity contribution in [1.82, 2.24) is 10.2 Å². The Bertz CT molecular complexity index is 340. The van der Waals surface area contributed by atoms with Crippen LogP contribution in [0, 0.1) is 11.8 Å². The Morgan fingerprint density at radius 1 is 1.37 bits per heavy atom. The average Bonchev–Trinajstić information content (AvgIpc) is 2.79. The van der Waals surface area contributed by atoms with Crippen LogP contribution >= 0.6 is 0 Å². The molecule has 0 radical (unpaired) electrons. The molecular formula is C14H24N2O3. The molecule has 5 nitrogen and oxygen atoms in total. The number of aliphatic carboxylic acids is 1. The van der Waals surface area contributed by atoms with Crippen molar-refractivity contribution in [3.8, 4) is 0 Å². The lowest BCUT2D eigenvalue weighted by atomic mass is 9.94. The number of carbonyl (C=O) groups is 2. The first-order valence-electron chi connectivity index (χ1n) is 7.32. The van der Waals surface area contributed by atoms with Gasteiger partial charge in [0, 0.05) is 13.0 Å². The molecule has 2 rings (SSSR count). The fourth-order valence-electron chi connectivity index (χ4n) is 3.24. The second-order valence-electron chi connectivity index (χ2n) is 5.89. The maximum absolute atomic E-state index is 12.2. The van der Waals surface area contributed by atoms with E-state index in [4.69, 9.17) is 0 Å². The number of nitrogens with zero attached hydrogens (tertiary/aromatic N) is 1. The number of carbonyl (C=O) groups excluding carboxylic acids is 1. The van der Waals surface area contributed by atoms with E-state index < -0.39 is 12.0 Å². The molecule has 0 aliphatic carbocycles. The van der Waals surface area contributed by atoms with Gasteiger partial charge in [0.1, 0.15) is 6.04 Å². The molecule has 108 valence electrons. The zero-order valence-electron chi connectivity index (χ0n) is 11.6. The molecule has 2 aliphatic heterocycles. The minimum absolute atomic E-state index is 0.0160. The molecule has 2 fully saturated rings. The lowest BCUT2D eigenvalue weighted by molar-refractivity contribution is -0.149. The van der Waals surface area contributed by atoms with Crippen LogP contribution in [0.2, 0.25) is 0 Å². The number of rotatable bonds is 4. The molecule has 0 bridgehead atoms. The van der Waals surface area contributed by atoms with Gasteiger partial charge < -0.3 is 15.3 Å². The van der Waals surface area contributed by atoms with Gasteiger partial charge in [0.2, 0.25) is 5.91 Å². The summed E-state index contributed by atoms with van der Waals surface area (Å²) >= 11 is 0. The molecule has 0 saturated carbocycles. The van der Waals surface area contributed by atoms with Crippen molar-refractivity contribution in [2.45, 2.75) is 45.1 Å². The van der Waals surface area contributed by atoms with Gasteiger partial charge in [-0.2, -0.15) is 0 Å². The van der Waals surface area contributed by atoms with Crippen LogP contribution in [0.15, 0.2) is 0 Å². The van der Waals surface area contributed by atoms with Crippen LogP contribution < -0.4 is 5.32 Å². The maximum atomic E-state index is 12.2. The summed E-state index contributed by atoms with van der Waals surface area (Å²) < 4.78 is 0. The van der Waals surface area contributed by atoms with Crippen molar-refractivity contribution >= 4 is 11.9 Å². The van der Waals surface area contributed by atoms with E-state index >= 15 is 0 Å². The molecule has 0 aromatic carbocycles. The second kappa shape index (κ2) is 6.37. The summed E-state index contributed by atoms with van der Waals surface area (Å²) in [7, 11) is 0. The molecule has 0 aromatic heterocycles. The third kappa shape index (κ3) is 3.47. The van der Waals surface area contributed by atoms with Gasteiger partial charge >= 0.3 is 5.97 Å². The minimum Gasteiger partial charge on any atom is -0.480 e. The Morgan fingerprint density at radius 3 is 2.79 bits per heavy atom. The van der Waals surface area contributed by atoms with E-state index in [9.17, 15) is 14.7 Å². The molecule has 2 aliphatic rings. The van der Waals surface area contributed by atoms with Crippen LogP contribution in [0.4, 0.5) is 0 Å². The molecule has 0 spiro atoms. The fourth-order valence-corrected chi connectivity index (χ4v) is 3.24. The normalized spacial score (nSPS) is 31.4. The number of likely N-dealkylation sites (tertiary alicyclic amines) is 1. The lowest BCUT2D eigenvalue weighted by Crippen LogP contribution is -2.43. The predicted molar refractivity (Wildman–Crippen MR) is 71.7 cm³/mol. The fraction of sp³-hybridized carbons (Fsp3) is 0.857. The van der Waals surface area contributed by atoms with Crippen LogP contribution in [-0.2, 0) is 9.59 Å². The van der Waals surface area contributed by atoms with E-state index in [1.54, 1.807) is 4.90 Å². The average molecular weight is 268 g/mol. The molecule has 1 amide bonds. The topological polar surface area (TPSA) is 69.6 Å². The van der Waals surface area contributed by atoms with Crippen molar-refractivity contribution in [2.75, 3.05) is 19.6 Å². The first-order valence-corrected chi connectivity index (χ1v) is 7.32. The molecule has 3 unspecified atom stereocenters. The van der Waals surface area contributed by atoms with Gasteiger partial charge in [-0.15, -0.1) is 0 Å². The Hall–Kier alpha value is -1.10. The molecule has 3 atom stereocenters.